The SMILES string of the molecule is CC1NCCCC1C(=O)N1CCC2CCCCC21. The molecule has 0 radical (unpaired) electrons. The second-order valence-corrected chi connectivity index (χ2v) is 6.42. The number of rotatable bonds is 1. The van der Waals surface area contributed by atoms with Crippen molar-refractivity contribution in [3.05, 3.63) is 0 Å². The molecule has 3 rings (SSSR count). The Balaban J connectivity index is 1.68. The third-order valence-corrected chi connectivity index (χ3v) is 5.37. The summed E-state index contributed by atoms with van der Waals surface area (Å²) in [7, 11) is 0. The lowest BCUT2D eigenvalue weighted by molar-refractivity contribution is -0.138. The van der Waals surface area contributed by atoms with Crippen LogP contribution in [0.2, 0.25) is 0 Å². The van der Waals surface area contributed by atoms with Crippen LogP contribution in [0.4, 0.5) is 0 Å². The second-order valence-electron chi connectivity index (χ2n) is 6.42. The van der Waals surface area contributed by atoms with E-state index in [-0.39, 0.29) is 5.92 Å². The Morgan fingerprint density at radius 1 is 1.11 bits per heavy atom. The molecule has 1 amide bonds. The normalized spacial score (nSPS) is 40.6. The number of carbonyl (C=O) groups excluding carboxylic acids is 1. The Bertz CT molecular complexity index is 318. The number of likely N-dealkylation sites (tertiary alicyclic amines) is 1. The maximum absolute atomic E-state index is 12.8. The van der Waals surface area contributed by atoms with E-state index in [0.29, 0.717) is 18.0 Å². The number of nitrogens with one attached hydrogen (secondary N) is 1. The molecule has 4 unspecified atom stereocenters. The van der Waals surface area contributed by atoms with Crippen LogP contribution in [0.5, 0.6) is 0 Å². The van der Waals surface area contributed by atoms with Crippen LogP contribution in [0.15, 0.2) is 0 Å². The Morgan fingerprint density at radius 2 is 1.94 bits per heavy atom. The number of carbonyl (C=O) groups is 1. The van der Waals surface area contributed by atoms with E-state index in [9.17, 15) is 4.79 Å². The third kappa shape index (κ3) is 2.18. The van der Waals surface area contributed by atoms with Crippen LogP contribution < -0.4 is 5.32 Å². The largest absolute Gasteiger partial charge is 0.339 e. The molecule has 4 atom stereocenters. The predicted octanol–water partition coefficient (Wildman–Crippen LogP) is 2.17. The van der Waals surface area contributed by atoms with Crippen LogP contribution in [0.1, 0.15) is 51.9 Å². The minimum Gasteiger partial charge on any atom is -0.339 e. The minimum atomic E-state index is 0.236. The minimum absolute atomic E-state index is 0.236. The maximum Gasteiger partial charge on any atom is 0.227 e. The summed E-state index contributed by atoms with van der Waals surface area (Å²) in [6.07, 6.45) is 8.81. The summed E-state index contributed by atoms with van der Waals surface area (Å²) in [4.78, 5) is 15.0. The molecule has 3 fully saturated rings. The monoisotopic (exact) mass is 250 g/mol. The van der Waals surface area contributed by atoms with Crippen molar-refractivity contribution in [1.82, 2.24) is 10.2 Å². The van der Waals surface area contributed by atoms with Crippen molar-refractivity contribution in [1.29, 1.82) is 0 Å². The van der Waals surface area contributed by atoms with Crippen LogP contribution in [0.25, 0.3) is 0 Å². The molecular weight excluding hydrogens is 224 g/mol. The first-order chi connectivity index (χ1) is 8.77. The fraction of sp³-hybridized carbons (Fsp3) is 0.933. The van der Waals surface area contributed by atoms with Crippen LogP contribution >= 0.6 is 0 Å². The van der Waals surface area contributed by atoms with Gasteiger partial charge in [-0.1, -0.05) is 12.8 Å². The van der Waals surface area contributed by atoms with Crippen LogP contribution in [-0.4, -0.2) is 36.0 Å². The van der Waals surface area contributed by atoms with Crippen molar-refractivity contribution in [3.8, 4) is 0 Å². The number of hydrogen-bond donors (Lipinski definition) is 1. The van der Waals surface area contributed by atoms with Crippen molar-refractivity contribution in [2.24, 2.45) is 11.8 Å². The summed E-state index contributed by atoms with van der Waals surface area (Å²) in [5, 5.41) is 3.46. The fourth-order valence-electron chi connectivity index (χ4n) is 4.27. The first-order valence-electron chi connectivity index (χ1n) is 7.81. The van der Waals surface area contributed by atoms with Crippen LogP contribution in [0.3, 0.4) is 0 Å². The van der Waals surface area contributed by atoms with Crippen LogP contribution in [-0.2, 0) is 4.79 Å². The standard InChI is InChI=1S/C15H26N2O/c1-11-13(6-4-9-16-11)15(18)17-10-8-12-5-2-3-7-14(12)17/h11-14,16H,2-10H2,1H3. The summed E-state index contributed by atoms with van der Waals surface area (Å²) >= 11 is 0. The highest BCUT2D eigenvalue weighted by Crippen LogP contribution is 2.37. The lowest BCUT2D eigenvalue weighted by Crippen LogP contribution is -2.50. The molecule has 3 aliphatic rings. The van der Waals surface area contributed by atoms with E-state index in [1.807, 2.05) is 0 Å². The molecule has 1 saturated carbocycles. The lowest BCUT2D eigenvalue weighted by Gasteiger charge is -2.37. The molecule has 3 heteroatoms. The molecule has 0 aromatic heterocycles. The molecule has 102 valence electrons. The molecule has 0 aromatic carbocycles. The molecular formula is C15H26N2O. The molecule has 1 aliphatic carbocycles. The third-order valence-electron chi connectivity index (χ3n) is 5.37. The van der Waals surface area contributed by atoms with E-state index < -0.39 is 0 Å². The zero-order valence-corrected chi connectivity index (χ0v) is 11.5. The quantitative estimate of drug-likeness (QED) is 0.773. The molecule has 2 aliphatic heterocycles. The first-order valence-corrected chi connectivity index (χ1v) is 7.81. The van der Waals surface area contributed by atoms with Crippen LogP contribution in [0, 0.1) is 11.8 Å². The van der Waals surface area contributed by atoms with Crippen molar-refractivity contribution < 1.29 is 4.79 Å². The fourth-order valence-corrected chi connectivity index (χ4v) is 4.27. The van der Waals surface area contributed by atoms with Gasteiger partial charge in [-0.15, -0.1) is 0 Å². The van der Waals surface area contributed by atoms with Gasteiger partial charge in [0.1, 0.15) is 0 Å². The maximum atomic E-state index is 12.8. The first kappa shape index (κ1) is 12.5. The molecule has 1 N–H and O–H groups in total. The predicted molar refractivity (Wildman–Crippen MR) is 72.3 cm³/mol. The molecule has 18 heavy (non-hydrogen) atoms. The van der Waals surface area contributed by atoms with E-state index in [2.05, 4.69) is 17.1 Å². The van der Waals surface area contributed by atoms with Gasteiger partial charge in [-0.05, 0) is 51.5 Å². The van der Waals surface area contributed by atoms with Gasteiger partial charge >= 0.3 is 0 Å². The highest BCUT2D eigenvalue weighted by molar-refractivity contribution is 5.80. The van der Waals surface area contributed by atoms with Gasteiger partial charge in [0, 0.05) is 18.6 Å². The van der Waals surface area contributed by atoms with E-state index in [1.54, 1.807) is 0 Å². The van der Waals surface area contributed by atoms with E-state index in [0.717, 1.165) is 31.8 Å². The summed E-state index contributed by atoms with van der Waals surface area (Å²) in [6.45, 7) is 4.28. The topological polar surface area (TPSA) is 32.3 Å². The van der Waals surface area contributed by atoms with Crippen molar-refractivity contribution in [2.75, 3.05) is 13.1 Å². The zero-order chi connectivity index (χ0) is 12.5. The number of hydrogen-bond acceptors (Lipinski definition) is 2. The zero-order valence-electron chi connectivity index (χ0n) is 11.5. The summed E-state index contributed by atoms with van der Waals surface area (Å²) in [5.74, 6) is 1.50. The lowest BCUT2D eigenvalue weighted by atomic mass is 9.84. The van der Waals surface area contributed by atoms with Crippen molar-refractivity contribution in [2.45, 2.75) is 64.0 Å². The Hall–Kier alpha value is -0.570. The van der Waals surface area contributed by atoms with Crippen molar-refractivity contribution in [3.63, 3.8) is 0 Å². The van der Waals surface area contributed by atoms with Crippen molar-refractivity contribution >= 4 is 5.91 Å². The van der Waals surface area contributed by atoms with E-state index in [1.165, 1.54) is 32.1 Å². The average molecular weight is 250 g/mol. The van der Waals surface area contributed by atoms with Gasteiger partial charge in [0.25, 0.3) is 0 Å². The molecule has 0 spiro atoms. The molecule has 2 saturated heterocycles. The molecule has 3 nitrogen and oxygen atoms in total. The Labute approximate surface area is 110 Å². The van der Waals surface area contributed by atoms with Gasteiger partial charge in [-0.25, -0.2) is 0 Å². The van der Waals surface area contributed by atoms with Gasteiger partial charge < -0.3 is 10.2 Å². The molecule has 2 heterocycles. The van der Waals surface area contributed by atoms with Gasteiger partial charge in [-0.2, -0.15) is 0 Å². The Morgan fingerprint density at radius 3 is 2.78 bits per heavy atom. The highest BCUT2D eigenvalue weighted by atomic mass is 16.2. The number of piperidine rings is 1. The van der Waals surface area contributed by atoms with Gasteiger partial charge in [-0.3, -0.25) is 4.79 Å². The number of amides is 1. The number of fused-ring (bicyclic) bond motifs is 1. The van der Waals surface area contributed by atoms with Gasteiger partial charge in [0.15, 0.2) is 0 Å². The molecule has 0 aromatic rings. The van der Waals surface area contributed by atoms with Gasteiger partial charge in [0.05, 0.1) is 5.92 Å². The van der Waals surface area contributed by atoms with Gasteiger partial charge in [0.2, 0.25) is 5.91 Å². The molecule has 0 bridgehead atoms. The summed E-state index contributed by atoms with van der Waals surface area (Å²) in [6, 6.07) is 0.953. The highest BCUT2D eigenvalue weighted by Gasteiger charge is 2.41. The van der Waals surface area contributed by atoms with E-state index in [4.69, 9.17) is 0 Å². The number of nitrogens with zero attached hydrogens (tertiary/aromatic N) is 1. The average Bonchev–Trinajstić information content (AvgIpc) is 2.82. The summed E-state index contributed by atoms with van der Waals surface area (Å²) in [5.41, 5.74) is 0. The van der Waals surface area contributed by atoms with E-state index >= 15 is 0 Å². The summed E-state index contributed by atoms with van der Waals surface area (Å²) < 4.78 is 0. The second kappa shape index (κ2) is 5.20. The smallest absolute Gasteiger partial charge is 0.227 e. The Kier molecular flexibility index (Phi) is 3.60.